The number of anilines is 1. The third kappa shape index (κ3) is 5.88. The van der Waals surface area contributed by atoms with Crippen LogP contribution in [0.15, 0.2) is 59.5 Å². The molecule has 0 unspecified atom stereocenters. The first-order valence-corrected chi connectivity index (χ1v) is 9.49. The van der Waals surface area contributed by atoms with Gasteiger partial charge in [-0.3, -0.25) is 4.79 Å². The van der Waals surface area contributed by atoms with Crippen molar-refractivity contribution in [3.8, 4) is 5.75 Å². The number of hydrogen-bond acceptors (Lipinski definition) is 4. The largest absolute Gasteiger partial charge is 0.484 e. The Hall–Kier alpha value is -2.38. The van der Waals surface area contributed by atoms with Gasteiger partial charge in [-0.2, -0.15) is 0 Å². The first-order chi connectivity index (χ1) is 11.9. The molecule has 0 spiro atoms. The summed E-state index contributed by atoms with van der Waals surface area (Å²) in [5.41, 5.74) is 0.504. The van der Waals surface area contributed by atoms with E-state index >= 15 is 0 Å². The predicted octanol–water partition coefficient (Wildman–Crippen LogP) is 2.78. The second-order valence-electron chi connectivity index (χ2n) is 5.60. The zero-order valence-corrected chi connectivity index (χ0v) is 15.0. The monoisotopic (exact) mass is 362 g/mol. The van der Waals surface area contributed by atoms with Gasteiger partial charge in [-0.05, 0) is 49.7 Å². The minimum absolute atomic E-state index is 0.125. The summed E-state index contributed by atoms with van der Waals surface area (Å²) in [7, 11) is -3.55. The number of ether oxygens (including phenoxy) is 1. The lowest BCUT2D eigenvalue weighted by Crippen LogP contribution is -2.31. The van der Waals surface area contributed by atoms with Crippen LogP contribution in [0, 0.1) is 0 Å². The summed E-state index contributed by atoms with van der Waals surface area (Å²) in [6.07, 6.45) is 0.703. The van der Waals surface area contributed by atoms with Gasteiger partial charge in [-0.15, -0.1) is 0 Å². The summed E-state index contributed by atoms with van der Waals surface area (Å²) >= 11 is 0. The fourth-order valence-electron chi connectivity index (χ4n) is 2.00. The molecule has 2 aromatic carbocycles. The Morgan fingerprint density at radius 3 is 2.32 bits per heavy atom. The Labute approximate surface area is 148 Å². The van der Waals surface area contributed by atoms with Gasteiger partial charge in [0.1, 0.15) is 5.75 Å². The van der Waals surface area contributed by atoms with E-state index in [1.807, 2.05) is 25.1 Å². The van der Waals surface area contributed by atoms with E-state index in [0.29, 0.717) is 17.9 Å². The van der Waals surface area contributed by atoms with Crippen LogP contribution in [0.2, 0.25) is 0 Å². The molecule has 2 rings (SSSR count). The Kier molecular flexibility index (Phi) is 6.55. The average molecular weight is 362 g/mol. The van der Waals surface area contributed by atoms with Gasteiger partial charge in [0.25, 0.3) is 5.91 Å². The van der Waals surface area contributed by atoms with Gasteiger partial charge in [0, 0.05) is 11.7 Å². The van der Waals surface area contributed by atoms with E-state index in [9.17, 15) is 13.2 Å². The van der Waals surface area contributed by atoms with Gasteiger partial charge >= 0.3 is 0 Å². The van der Waals surface area contributed by atoms with Crippen molar-refractivity contribution in [2.45, 2.75) is 31.2 Å². The number of para-hydroxylation sites is 1. The third-order valence-corrected chi connectivity index (χ3v) is 5.14. The normalized spacial score (nSPS) is 12.4. The number of carbonyl (C=O) groups excluding carboxylic acids is 1. The maximum absolute atomic E-state index is 12.2. The smallest absolute Gasteiger partial charge is 0.262 e. The Bertz CT molecular complexity index is 790. The van der Waals surface area contributed by atoms with Crippen molar-refractivity contribution >= 4 is 21.6 Å². The highest BCUT2D eigenvalue weighted by Gasteiger charge is 2.16. The Morgan fingerprint density at radius 1 is 1.08 bits per heavy atom. The molecule has 0 saturated carbocycles. The number of hydrogen-bond donors (Lipinski definition) is 2. The lowest BCUT2D eigenvalue weighted by molar-refractivity contribution is -0.118. The maximum atomic E-state index is 12.2. The van der Waals surface area contributed by atoms with Crippen LogP contribution >= 0.6 is 0 Å². The molecule has 0 bridgehead atoms. The molecule has 1 atom stereocenters. The lowest BCUT2D eigenvalue weighted by atomic mass is 10.3. The summed E-state index contributed by atoms with van der Waals surface area (Å²) in [5.74, 6) is 0.285. The molecule has 0 heterocycles. The van der Waals surface area contributed by atoms with Crippen molar-refractivity contribution in [1.82, 2.24) is 4.72 Å². The van der Waals surface area contributed by atoms with Crippen LogP contribution in [0.5, 0.6) is 5.75 Å². The second kappa shape index (κ2) is 8.64. The number of sulfonamides is 1. The minimum Gasteiger partial charge on any atom is -0.484 e. The fraction of sp³-hybridized carbons (Fsp3) is 0.278. The molecular weight excluding hydrogens is 340 g/mol. The molecule has 0 aromatic heterocycles. The van der Waals surface area contributed by atoms with Gasteiger partial charge in [-0.25, -0.2) is 13.1 Å². The summed E-state index contributed by atoms with van der Waals surface area (Å²) in [6.45, 7) is 3.59. The number of nitrogens with one attached hydrogen (secondary N) is 2. The fourth-order valence-corrected chi connectivity index (χ4v) is 3.32. The van der Waals surface area contributed by atoms with Crippen LogP contribution < -0.4 is 14.8 Å². The summed E-state index contributed by atoms with van der Waals surface area (Å²) in [5, 5.41) is 2.66. The molecule has 134 valence electrons. The first kappa shape index (κ1) is 19.0. The van der Waals surface area contributed by atoms with Crippen LogP contribution in [0.25, 0.3) is 0 Å². The molecule has 7 heteroatoms. The van der Waals surface area contributed by atoms with Gasteiger partial charge in [-0.1, -0.05) is 25.1 Å². The van der Waals surface area contributed by atoms with Gasteiger partial charge in [0.15, 0.2) is 6.61 Å². The topological polar surface area (TPSA) is 84.5 Å². The highest BCUT2D eigenvalue weighted by Crippen LogP contribution is 2.15. The molecule has 6 nitrogen and oxygen atoms in total. The van der Waals surface area contributed by atoms with Gasteiger partial charge in [0.2, 0.25) is 10.0 Å². The maximum Gasteiger partial charge on any atom is 0.262 e. The number of benzene rings is 2. The molecular formula is C18H22N2O4S. The van der Waals surface area contributed by atoms with Gasteiger partial charge < -0.3 is 10.1 Å². The van der Waals surface area contributed by atoms with E-state index in [0.717, 1.165) is 0 Å². The summed E-state index contributed by atoms with van der Waals surface area (Å²) < 4.78 is 32.3. The van der Waals surface area contributed by atoms with Crippen LogP contribution in [0.4, 0.5) is 5.69 Å². The van der Waals surface area contributed by atoms with Crippen LogP contribution in [0.3, 0.4) is 0 Å². The quantitative estimate of drug-likeness (QED) is 0.756. The lowest BCUT2D eigenvalue weighted by Gasteiger charge is -2.12. The van der Waals surface area contributed by atoms with Crippen molar-refractivity contribution in [3.05, 3.63) is 54.6 Å². The number of carbonyl (C=O) groups is 1. The standard InChI is InChI=1S/C18H22N2O4S/c1-3-14(2)20-25(22,23)17-11-9-15(10-12-17)19-18(21)13-24-16-7-5-4-6-8-16/h4-12,14,20H,3,13H2,1-2H3,(H,19,21)/t14-/m1/s1. The van der Waals surface area contributed by atoms with Crippen LogP contribution in [0.1, 0.15) is 20.3 Å². The highest BCUT2D eigenvalue weighted by atomic mass is 32.2. The molecule has 2 aromatic rings. The highest BCUT2D eigenvalue weighted by molar-refractivity contribution is 7.89. The van der Waals surface area contributed by atoms with E-state index in [2.05, 4.69) is 10.0 Å². The van der Waals surface area contributed by atoms with E-state index in [1.165, 1.54) is 12.1 Å². The molecule has 0 aliphatic carbocycles. The van der Waals surface area contributed by atoms with E-state index in [4.69, 9.17) is 4.74 Å². The first-order valence-electron chi connectivity index (χ1n) is 8.01. The van der Waals surface area contributed by atoms with Gasteiger partial charge in [0.05, 0.1) is 4.90 Å². The third-order valence-electron chi connectivity index (χ3n) is 3.53. The molecule has 0 aliphatic heterocycles. The van der Waals surface area contributed by atoms with E-state index in [-0.39, 0.29) is 23.5 Å². The molecule has 25 heavy (non-hydrogen) atoms. The molecule has 0 fully saturated rings. The van der Waals surface area contributed by atoms with Crippen molar-refractivity contribution in [1.29, 1.82) is 0 Å². The SMILES string of the molecule is CC[C@@H](C)NS(=O)(=O)c1ccc(NC(=O)COc2ccccc2)cc1. The molecule has 1 amide bonds. The number of amides is 1. The Balaban J connectivity index is 1.92. The van der Waals surface area contributed by atoms with E-state index < -0.39 is 10.0 Å². The van der Waals surface area contributed by atoms with Crippen molar-refractivity contribution < 1.29 is 17.9 Å². The molecule has 0 radical (unpaired) electrons. The van der Waals surface area contributed by atoms with Crippen LogP contribution in [-0.4, -0.2) is 27.0 Å². The molecule has 0 aliphatic rings. The predicted molar refractivity (Wildman–Crippen MR) is 97.1 cm³/mol. The van der Waals surface area contributed by atoms with Crippen molar-refractivity contribution in [2.24, 2.45) is 0 Å². The zero-order valence-electron chi connectivity index (χ0n) is 14.2. The van der Waals surface area contributed by atoms with Crippen LogP contribution in [-0.2, 0) is 14.8 Å². The Morgan fingerprint density at radius 2 is 1.72 bits per heavy atom. The average Bonchev–Trinajstić information content (AvgIpc) is 2.61. The summed E-state index contributed by atoms with van der Waals surface area (Å²) in [6, 6.07) is 14.9. The zero-order chi connectivity index (χ0) is 18.3. The number of rotatable bonds is 8. The molecule has 0 saturated heterocycles. The summed E-state index contributed by atoms with van der Waals surface area (Å²) in [4.78, 5) is 12.0. The molecule has 2 N–H and O–H groups in total. The second-order valence-corrected chi connectivity index (χ2v) is 7.32. The van der Waals surface area contributed by atoms with Crippen molar-refractivity contribution in [3.63, 3.8) is 0 Å². The minimum atomic E-state index is -3.55. The van der Waals surface area contributed by atoms with Crippen molar-refractivity contribution in [2.75, 3.05) is 11.9 Å². The van der Waals surface area contributed by atoms with E-state index in [1.54, 1.807) is 31.2 Å².